The maximum atomic E-state index is 13.0. The van der Waals surface area contributed by atoms with E-state index in [1.807, 2.05) is 16.1 Å². The summed E-state index contributed by atoms with van der Waals surface area (Å²) in [7, 11) is 0. The van der Waals surface area contributed by atoms with Crippen LogP contribution in [-0.4, -0.2) is 59.5 Å². The molecule has 1 aliphatic heterocycles. The molecule has 2 heterocycles. The van der Waals surface area contributed by atoms with Crippen molar-refractivity contribution >= 4 is 46.5 Å². The SMILES string of the molecule is CSC(C(=O)Nc1ccc(C(=O)Nc2ccccc2N)cc1)N1CCN(c2ccc(C(F)(F)F)cn2)CC1. The van der Waals surface area contributed by atoms with Crippen LogP contribution in [0.25, 0.3) is 0 Å². The summed E-state index contributed by atoms with van der Waals surface area (Å²) < 4.78 is 38.4. The normalized spacial score (nSPS) is 15.1. The molecule has 0 saturated carbocycles. The molecule has 0 radical (unpaired) electrons. The molecular formula is C26H27F3N6O2S. The molecule has 0 spiro atoms. The van der Waals surface area contributed by atoms with Crippen LogP contribution in [0.1, 0.15) is 15.9 Å². The van der Waals surface area contributed by atoms with E-state index in [1.165, 1.54) is 17.8 Å². The Morgan fingerprint density at radius 1 is 0.974 bits per heavy atom. The van der Waals surface area contributed by atoms with Gasteiger partial charge in [-0.2, -0.15) is 13.2 Å². The van der Waals surface area contributed by atoms with Gasteiger partial charge in [0.05, 0.1) is 16.9 Å². The fraction of sp³-hybridized carbons (Fsp3) is 0.269. The van der Waals surface area contributed by atoms with Crippen molar-refractivity contribution in [2.75, 3.05) is 53.7 Å². The van der Waals surface area contributed by atoms with Crippen molar-refractivity contribution in [3.63, 3.8) is 0 Å². The molecule has 200 valence electrons. The molecule has 1 fully saturated rings. The third-order valence-electron chi connectivity index (χ3n) is 6.12. The maximum Gasteiger partial charge on any atom is 0.417 e. The van der Waals surface area contributed by atoms with E-state index in [1.54, 1.807) is 48.5 Å². The van der Waals surface area contributed by atoms with Gasteiger partial charge in [0.2, 0.25) is 0 Å². The number of halogens is 3. The minimum Gasteiger partial charge on any atom is -0.397 e. The van der Waals surface area contributed by atoms with Crippen molar-refractivity contribution in [1.82, 2.24) is 9.88 Å². The monoisotopic (exact) mass is 544 g/mol. The predicted molar refractivity (Wildman–Crippen MR) is 144 cm³/mol. The Balaban J connectivity index is 1.31. The van der Waals surface area contributed by atoms with E-state index in [0.717, 1.165) is 12.3 Å². The molecule has 1 saturated heterocycles. The van der Waals surface area contributed by atoms with Gasteiger partial charge in [0.1, 0.15) is 11.2 Å². The first kappa shape index (κ1) is 27.3. The first-order valence-corrected chi connectivity index (χ1v) is 13.1. The molecule has 2 aromatic carbocycles. The third kappa shape index (κ3) is 6.56. The number of hydrogen-bond donors (Lipinski definition) is 3. The van der Waals surface area contributed by atoms with E-state index >= 15 is 0 Å². The molecule has 1 atom stereocenters. The van der Waals surface area contributed by atoms with Gasteiger partial charge in [-0.25, -0.2) is 4.98 Å². The molecule has 4 N–H and O–H groups in total. The van der Waals surface area contributed by atoms with Crippen LogP contribution in [0.5, 0.6) is 0 Å². The number of nitrogens with zero attached hydrogens (tertiary/aromatic N) is 3. The minimum absolute atomic E-state index is 0.201. The lowest BCUT2D eigenvalue weighted by molar-refractivity contribution is -0.137. The summed E-state index contributed by atoms with van der Waals surface area (Å²) in [5, 5.41) is 5.20. The number of carbonyl (C=O) groups is 2. The Labute approximate surface area is 222 Å². The summed E-state index contributed by atoms with van der Waals surface area (Å²) in [6.07, 6.45) is -1.74. The molecule has 3 aromatic rings. The zero-order valence-electron chi connectivity index (χ0n) is 20.5. The molecule has 8 nitrogen and oxygen atoms in total. The third-order valence-corrected chi connectivity index (χ3v) is 7.08. The van der Waals surface area contributed by atoms with Crippen molar-refractivity contribution in [3.05, 3.63) is 78.0 Å². The number of thioether (sulfide) groups is 1. The standard InChI is InChI=1S/C26H27F3N6O2S/c1-38-25(35-14-12-34(13-15-35)22-11-8-18(16-31-22)26(27,28)29)24(37)32-19-9-6-17(7-10-19)23(36)33-21-5-3-2-4-20(21)30/h2-11,16,25H,12-15,30H2,1H3,(H,32,37)(H,33,36). The van der Waals surface area contributed by atoms with E-state index in [-0.39, 0.29) is 11.8 Å². The molecule has 2 amide bonds. The van der Waals surface area contributed by atoms with Gasteiger partial charge >= 0.3 is 6.18 Å². The largest absolute Gasteiger partial charge is 0.417 e. The Morgan fingerprint density at radius 3 is 2.24 bits per heavy atom. The molecule has 1 aliphatic rings. The van der Waals surface area contributed by atoms with E-state index in [4.69, 9.17) is 5.73 Å². The van der Waals surface area contributed by atoms with E-state index in [2.05, 4.69) is 15.6 Å². The first-order valence-electron chi connectivity index (χ1n) is 11.8. The fourth-order valence-electron chi connectivity index (χ4n) is 4.06. The predicted octanol–water partition coefficient (Wildman–Crippen LogP) is 4.38. The van der Waals surface area contributed by atoms with Crippen molar-refractivity contribution in [2.24, 2.45) is 0 Å². The van der Waals surface area contributed by atoms with Gasteiger partial charge in [-0.1, -0.05) is 12.1 Å². The number of nitrogens with one attached hydrogen (secondary N) is 2. The highest BCUT2D eigenvalue weighted by atomic mass is 32.2. The van der Waals surface area contributed by atoms with Crippen LogP contribution < -0.4 is 21.3 Å². The molecule has 12 heteroatoms. The van der Waals surface area contributed by atoms with Gasteiger partial charge in [0, 0.05) is 43.6 Å². The van der Waals surface area contributed by atoms with Crippen LogP contribution in [0, 0.1) is 0 Å². The number of hydrogen-bond acceptors (Lipinski definition) is 7. The number of para-hydroxylation sites is 2. The Hall–Kier alpha value is -3.77. The summed E-state index contributed by atoms with van der Waals surface area (Å²) in [5.41, 5.74) is 7.04. The topological polar surface area (TPSA) is 104 Å². The number of benzene rings is 2. The number of nitrogens with two attached hydrogens (primary N) is 1. The summed E-state index contributed by atoms with van der Waals surface area (Å²) in [6.45, 7) is 2.14. The van der Waals surface area contributed by atoms with Gasteiger partial charge in [-0.15, -0.1) is 11.8 Å². The molecule has 1 aromatic heterocycles. The highest BCUT2D eigenvalue weighted by Gasteiger charge is 2.32. The number of amides is 2. The van der Waals surface area contributed by atoms with Gasteiger partial charge in [-0.05, 0) is 54.8 Å². The molecule has 4 rings (SSSR count). The van der Waals surface area contributed by atoms with Gasteiger partial charge in [0.25, 0.3) is 11.8 Å². The zero-order chi connectivity index (χ0) is 27.3. The minimum atomic E-state index is -4.42. The van der Waals surface area contributed by atoms with Gasteiger partial charge < -0.3 is 21.3 Å². The smallest absolute Gasteiger partial charge is 0.397 e. The van der Waals surface area contributed by atoms with Crippen LogP contribution in [-0.2, 0) is 11.0 Å². The molecular weight excluding hydrogens is 517 g/mol. The lowest BCUT2D eigenvalue weighted by Crippen LogP contribution is -2.52. The summed E-state index contributed by atoms with van der Waals surface area (Å²) in [6, 6.07) is 15.9. The quantitative estimate of drug-likeness (QED) is 0.379. The molecule has 0 aliphatic carbocycles. The van der Waals surface area contributed by atoms with Gasteiger partial charge in [0.15, 0.2) is 0 Å². The Kier molecular flexibility index (Phi) is 8.42. The number of piperazine rings is 1. The molecule has 38 heavy (non-hydrogen) atoms. The molecule has 0 bridgehead atoms. The number of carbonyl (C=O) groups excluding carboxylic acids is 2. The number of aromatic nitrogens is 1. The number of rotatable bonds is 7. The molecule has 1 unspecified atom stereocenters. The average molecular weight is 545 g/mol. The lowest BCUT2D eigenvalue weighted by atomic mass is 10.2. The van der Waals surface area contributed by atoms with Crippen molar-refractivity contribution in [1.29, 1.82) is 0 Å². The van der Waals surface area contributed by atoms with Crippen LogP contribution in [0.15, 0.2) is 66.9 Å². The Morgan fingerprint density at radius 2 is 1.66 bits per heavy atom. The second kappa shape index (κ2) is 11.7. The van der Waals surface area contributed by atoms with E-state index < -0.39 is 17.1 Å². The zero-order valence-corrected chi connectivity index (χ0v) is 21.4. The first-order chi connectivity index (χ1) is 18.2. The summed E-state index contributed by atoms with van der Waals surface area (Å²) >= 11 is 1.39. The second-order valence-corrected chi connectivity index (χ2v) is 9.54. The number of anilines is 4. The van der Waals surface area contributed by atoms with Crippen molar-refractivity contribution < 1.29 is 22.8 Å². The Bertz CT molecular complexity index is 1260. The summed E-state index contributed by atoms with van der Waals surface area (Å²) in [5.74, 6) is -0.0436. The van der Waals surface area contributed by atoms with Crippen molar-refractivity contribution in [3.8, 4) is 0 Å². The fourth-order valence-corrected chi connectivity index (χ4v) is 4.84. The number of pyridine rings is 1. The van der Waals surface area contributed by atoms with Crippen LogP contribution in [0.2, 0.25) is 0 Å². The number of nitrogen functional groups attached to an aromatic ring is 1. The number of alkyl halides is 3. The van der Waals surface area contributed by atoms with Crippen LogP contribution >= 0.6 is 11.8 Å². The van der Waals surface area contributed by atoms with E-state index in [9.17, 15) is 22.8 Å². The van der Waals surface area contributed by atoms with Gasteiger partial charge in [-0.3, -0.25) is 14.5 Å². The maximum absolute atomic E-state index is 13.0. The summed E-state index contributed by atoms with van der Waals surface area (Å²) in [4.78, 5) is 33.4. The highest BCUT2D eigenvalue weighted by Crippen LogP contribution is 2.30. The van der Waals surface area contributed by atoms with E-state index in [0.29, 0.717) is 54.6 Å². The highest BCUT2D eigenvalue weighted by molar-refractivity contribution is 7.99. The second-order valence-electron chi connectivity index (χ2n) is 8.62. The van der Waals surface area contributed by atoms with Crippen LogP contribution in [0.3, 0.4) is 0 Å². The van der Waals surface area contributed by atoms with Crippen molar-refractivity contribution in [2.45, 2.75) is 11.6 Å². The van der Waals surface area contributed by atoms with Crippen LogP contribution in [0.4, 0.5) is 36.1 Å². The average Bonchev–Trinajstić information content (AvgIpc) is 2.91. The lowest BCUT2D eigenvalue weighted by Gasteiger charge is -2.38.